The molecule has 0 aliphatic carbocycles. The minimum atomic E-state index is -1.09. The second kappa shape index (κ2) is 9.17. The lowest BCUT2D eigenvalue weighted by atomic mass is 10.1. The van der Waals surface area contributed by atoms with Gasteiger partial charge >= 0.3 is 5.97 Å². The first-order valence-corrected chi connectivity index (χ1v) is 10.7. The monoisotopic (exact) mass is 462 g/mol. The van der Waals surface area contributed by atoms with Crippen LogP contribution in [-0.4, -0.2) is 39.6 Å². The number of anilines is 1. The van der Waals surface area contributed by atoms with E-state index in [1.54, 1.807) is 42.5 Å². The molecule has 1 fully saturated rings. The third-order valence-corrected chi connectivity index (χ3v) is 5.74. The number of benzene rings is 2. The van der Waals surface area contributed by atoms with Crippen molar-refractivity contribution in [2.45, 2.75) is 6.92 Å². The van der Waals surface area contributed by atoms with Crippen molar-refractivity contribution in [1.29, 1.82) is 0 Å². The van der Waals surface area contributed by atoms with Crippen molar-refractivity contribution in [3.8, 4) is 11.3 Å². The van der Waals surface area contributed by atoms with Crippen molar-refractivity contribution in [2.24, 2.45) is 0 Å². The fraction of sp³-hybridized carbons (Fsp3) is 0.0833. The van der Waals surface area contributed by atoms with Gasteiger partial charge in [0.25, 0.3) is 11.1 Å². The molecule has 1 aliphatic rings. The Bertz CT molecular complexity index is 1290. The molecule has 8 nitrogen and oxygen atoms in total. The van der Waals surface area contributed by atoms with Gasteiger partial charge in [0.2, 0.25) is 5.91 Å². The van der Waals surface area contributed by atoms with Crippen LogP contribution in [-0.2, 0) is 9.59 Å². The Hall–Kier alpha value is -4.11. The van der Waals surface area contributed by atoms with E-state index >= 15 is 0 Å². The molecule has 33 heavy (non-hydrogen) atoms. The topological polar surface area (TPSA) is 117 Å². The summed E-state index contributed by atoms with van der Waals surface area (Å²) < 4.78 is 5.70. The Balaban J connectivity index is 1.48. The fourth-order valence-corrected chi connectivity index (χ4v) is 4.02. The first-order chi connectivity index (χ1) is 15.8. The van der Waals surface area contributed by atoms with Gasteiger partial charge in [-0.05, 0) is 49.0 Å². The van der Waals surface area contributed by atoms with Crippen molar-refractivity contribution >= 4 is 46.5 Å². The number of imide groups is 1. The van der Waals surface area contributed by atoms with Crippen molar-refractivity contribution in [2.75, 3.05) is 11.9 Å². The molecule has 2 heterocycles. The number of carboxylic acids is 1. The van der Waals surface area contributed by atoms with Gasteiger partial charge in [-0.25, -0.2) is 4.79 Å². The molecule has 0 bridgehead atoms. The zero-order valence-electron chi connectivity index (χ0n) is 17.4. The van der Waals surface area contributed by atoms with Gasteiger partial charge in [0.05, 0.1) is 10.5 Å². The highest BCUT2D eigenvalue weighted by Crippen LogP contribution is 2.33. The highest BCUT2D eigenvalue weighted by molar-refractivity contribution is 8.18. The van der Waals surface area contributed by atoms with Crippen LogP contribution in [0.1, 0.15) is 21.7 Å². The van der Waals surface area contributed by atoms with E-state index in [1.807, 2.05) is 19.1 Å². The second-order valence-corrected chi connectivity index (χ2v) is 8.23. The van der Waals surface area contributed by atoms with Crippen LogP contribution < -0.4 is 5.32 Å². The summed E-state index contributed by atoms with van der Waals surface area (Å²) in [7, 11) is 0. The Labute approximate surface area is 192 Å². The minimum Gasteiger partial charge on any atom is -0.478 e. The Morgan fingerprint density at radius 2 is 1.79 bits per heavy atom. The van der Waals surface area contributed by atoms with Gasteiger partial charge in [0, 0.05) is 17.3 Å². The molecule has 0 radical (unpaired) electrons. The smallest absolute Gasteiger partial charge is 0.336 e. The van der Waals surface area contributed by atoms with E-state index < -0.39 is 29.6 Å². The molecule has 1 aromatic heterocycles. The first kappa shape index (κ1) is 22.1. The van der Waals surface area contributed by atoms with Crippen molar-refractivity contribution < 1.29 is 28.7 Å². The van der Waals surface area contributed by atoms with E-state index in [0.717, 1.165) is 10.5 Å². The molecule has 0 atom stereocenters. The molecular weight excluding hydrogens is 444 g/mol. The average molecular weight is 462 g/mol. The molecule has 0 saturated carbocycles. The van der Waals surface area contributed by atoms with Crippen molar-refractivity contribution in [3.05, 3.63) is 82.5 Å². The zero-order chi connectivity index (χ0) is 23.5. The predicted molar refractivity (Wildman–Crippen MR) is 124 cm³/mol. The lowest BCUT2D eigenvalue weighted by molar-refractivity contribution is -0.127. The summed E-state index contributed by atoms with van der Waals surface area (Å²) in [6.07, 6.45) is 1.40. The molecule has 0 unspecified atom stereocenters. The molecule has 2 N–H and O–H groups in total. The second-order valence-electron chi connectivity index (χ2n) is 7.23. The highest BCUT2D eigenvalue weighted by Gasteiger charge is 2.36. The quantitative estimate of drug-likeness (QED) is 0.513. The van der Waals surface area contributed by atoms with E-state index in [-0.39, 0.29) is 16.2 Å². The van der Waals surface area contributed by atoms with Crippen molar-refractivity contribution in [1.82, 2.24) is 4.90 Å². The molecular formula is C24H18N2O6S. The van der Waals surface area contributed by atoms with E-state index in [0.29, 0.717) is 28.8 Å². The number of rotatable bonds is 6. The molecule has 166 valence electrons. The van der Waals surface area contributed by atoms with Crippen LogP contribution in [0.25, 0.3) is 17.4 Å². The molecule has 1 saturated heterocycles. The van der Waals surface area contributed by atoms with Gasteiger partial charge < -0.3 is 14.8 Å². The van der Waals surface area contributed by atoms with E-state index in [1.165, 1.54) is 12.1 Å². The normalized spacial score (nSPS) is 14.7. The van der Waals surface area contributed by atoms with Crippen LogP contribution in [0, 0.1) is 6.92 Å². The molecule has 9 heteroatoms. The van der Waals surface area contributed by atoms with E-state index in [9.17, 15) is 24.3 Å². The fourth-order valence-electron chi connectivity index (χ4n) is 3.21. The SMILES string of the molecule is Cc1ccc(NC(=O)CN2C(=O)S/C(=C/c3ccc(-c4ccccc4C(=O)O)o3)C2=O)cc1. The van der Waals surface area contributed by atoms with Crippen LogP contribution in [0.3, 0.4) is 0 Å². The third-order valence-electron chi connectivity index (χ3n) is 4.83. The maximum Gasteiger partial charge on any atom is 0.336 e. The molecule has 3 aromatic rings. The Morgan fingerprint density at radius 1 is 1.06 bits per heavy atom. The number of hydrogen-bond donors (Lipinski definition) is 2. The van der Waals surface area contributed by atoms with Crippen LogP contribution >= 0.6 is 11.8 Å². The summed E-state index contributed by atoms with van der Waals surface area (Å²) in [6, 6.07) is 16.7. The Morgan fingerprint density at radius 3 is 2.52 bits per heavy atom. The van der Waals surface area contributed by atoms with Crippen LogP contribution in [0.2, 0.25) is 0 Å². The van der Waals surface area contributed by atoms with Gasteiger partial charge in [-0.3, -0.25) is 19.3 Å². The lowest BCUT2D eigenvalue weighted by Gasteiger charge is -2.12. The molecule has 0 spiro atoms. The predicted octanol–water partition coefficient (Wildman–Crippen LogP) is 4.63. The molecule has 4 rings (SSSR count). The maximum absolute atomic E-state index is 12.7. The van der Waals surface area contributed by atoms with Gasteiger partial charge in [0.1, 0.15) is 18.1 Å². The number of nitrogens with zero attached hydrogens (tertiary/aromatic N) is 1. The summed E-state index contributed by atoms with van der Waals surface area (Å²) >= 11 is 0.704. The highest BCUT2D eigenvalue weighted by atomic mass is 32.2. The van der Waals surface area contributed by atoms with Crippen LogP contribution in [0.4, 0.5) is 10.5 Å². The number of aromatic carboxylic acids is 1. The number of carbonyl (C=O) groups is 4. The summed E-state index contributed by atoms with van der Waals surface area (Å²) in [5, 5.41) is 11.5. The van der Waals surface area contributed by atoms with Gasteiger partial charge in [-0.15, -0.1) is 0 Å². The zero-order valence-corrected chi connectivity index (χ0v) is 18.2. The standard InChI is InChI=1S/C24H18N2O6S/c1-14-6-8-15(9-7-14)25-21(27)13-26-22(28)20(33-24(26)31)12-16-10-11-19(32-16)17-4-2-3-5-18(17)23(29)30/h2-12H,13H2,1H3,(H,25,27)(H,29,30)/b20-12+. The maximum atomic E-state index is 12.7. The number of aryl methyl sites for hydroxylation is 1. The molecule has 3 amide bonds. The number of thioether (sulfide) groups is 1. The summed E-state index contributed by atoms with van der Waals surface area (Å²) in [5.41, 5.74) is 2.08. The van der Waals surface area contributed by atoms with E-state index in [4.69, 9.17) is 4.42 Å². The number of furan rings is 1. The third kappa shape index (κ3) is 4.88. The number of carbonyl (C=O) groups excluding carboxylic acids is 3. The summed E-state index contributed by atoms with van der Waals surface area (Å²) in [6.45, 7) is 1.51. The van der Waals surface area contributed by atoms with Gasteiger partial charge in [-0.1, -0.05) is 35.9 Å². The van der Waals surface area contributed by atoms with E-state index in [2.05, 4.69) is 5.32 Å². The number of nitrogens with one attached hydrogen (secondary N) is 1. The number of hydrogen-bond acceptors (Lipinski definition) is 6. The number of amides is 3. The summed E-state index contributed by atoms with van der Waals surface area (Å²) in [5.74, 6) is -1.59. The van der Waals surface area contributed by atoms with Crippen LogP contribution in [0.5, 0.6) is 0 Å². The first-order valence-electron chi connectivity index (χ1n) is 9.86. The van der Waals surface area contributed by atoms with Crippen LogP contribution in [0.15, 0.2) is 70.0 Å². The molecule has 1 aliphatic heterocycles. The molecule has 2 aromatic carbocycles. The van der Waals surface area contributed by atoms with Gasteiger partial charge in [-0.2, -0.15) is 0 Å². The Kier molecular flexibility index (Phi) is 6.14. The largest absolute Gasteiger partial charge is 0.478 e. The lowest BCUT2D eigenvalue weighted by Crippen LogP contribution is -2.36. The minimum absolute atomic E-state index is 0.0818. The average Bonchev–Trinajstić information content (AvgIpc) is 3.35. The van der Waals surface area contributed by atoms with Gasteiger partial charge in [0.15, 0.2) is 0 Å². The van der Waals surface area contributed by atoms with Crippen molar-refractivity contribution in [3.63, 3.8) is 0 Å². The summed E-state index contributed by atoms with van der Waals surface area (Å²) in [4.78, 5) is 49.7. The number of carboxylic acid groups (broad SMARTS) is 1.